The molecule has 0 heterocycles. The lowest BCUT2D eigenvalue weighted by Gasteiger charge is -2.16. The van der Waals surface area contributed by atoms with Gasteiger partial charge < -0.3 is 15.3 Å². The summed E-state index contributed by atoms with van der Waals surface area (Å²) in [7, 11) is 3.70. The summed E-state index contributed by atoms with van der Waals surface area (Å²) in [5, 5.41) is 11.6. The third-order valence-corrected chi connectivity index (χ3v) is 1.89. The summed E-state index contributed by atoms with van der Waals surface area (Å²) < 4.78 is 0. The van der Waals surface area contributed by atoms with Crippen LogP contribution < -0.4 is 5.32 Å². The van der Waals surface area contributed by atoms with Gasteiger partial charge in [-0.25, -0.2) is 0 Å². The molecule has 0 spiro atoms. The molecule has 0 aliphatic rings. The second-order valence-corrected chi connectivity index (χ2v) is 3.10. The molecule has 2 N–H and O–H groups in total. The average molecular weight is 188 g/mol. The Balaban J connectivity index is 3.45. The number of amides is 1. The minimum absolute atomic E-state index is 0.0933. The summed E-state index contributed by atoms with van der Waals surface area (Å²) in [6, 6.07) is 0. The van der Waals surface area contributed by atoms with Crippen LogP contribution in [0.1, 0.15) is 19.3 Å². The molecule has 0 saturated carbocycles. The molecule has 0 unspecified atom stereocenters. The maximum atomic E-state index is 11.3. The first-order valence-corrected chi connectivity index (χ1v) is 4.71. The molecule has 13 heavy (non-hydrogen) atoms. The van der Waals surface area contributed by atoms with E-state index in [-0.39, 0.29) is 12.5 Å². The van der Waals surface area contributed by atoms with Crippen LogP contribution in [0.4, 0.5) is 0 Å². The number of nitrogens with one attached hydrogen (secondary N) is 1. The average Bonchev–Trinajstić information content (AvgIpc) is 2.14. The highest BCUT2D eigenvalue weighted by atomic mass is 16.3. The van der Waals surface area contributed by atoms with E-state index in [9.17, 15) is 4.79 Å². The van der Waals surface area contributed by atoms with Gasteiger partial charge in [0.2, 0.25) is 5.91 Å². The summed E-state index contributed by atoms with van der Waals surface area (Å²) in [5.41, 5.74) is 0. The number of aliphatic hydroxyl groups excluding tert-OH is 1. The van der Waals surface area contributed by atoms with Gasteiger partial charge in [-0.05, 0) is 26.4 Å². The van der Waals surface area contributed by atoms with Gasteiger partial charge in [0.1, 0.15) is 0 Å². The van der Waals surface area contributed by atoms with Gasteiger partial charge in [-0.2, -0.15) is 0 Å². The van der Waals surface area contributed by atoms with Crippen molar-refractivity contribution >= 4 is 5.91 Å². The summed E-state index contributed by atoms with van der Waals surface area (Å²) in [6.45, 7) is 1.80. The zero-order valence-corrected chi connectivity index (χ0v) is 8.55. The van der Waals surface area contributed by atoms with Crippen molar-refractivity contribution < 1.29 is 9.90 Å². The molecule has 0 bridgehead atoms. The van der Waals surface area contributed by atoms with Crippen LogP contribution in [0.5, 0.6) is 0 Å². The van der Waals surface area contributed by atoms with Crippen LogP contribution in [0.2, 0.25) is 0 Å². The Morgan fingerprint density at radius 2 is 2.15 bits per heavy atom. The summed E-state index contributed by atoms with van der Waals surface area (Å²) in [4.78, 5) is 13.0. The highest BCUT2D eigenvalue weighted by molar-refractivity contribution is 5.75. The van der Waals surface area contributed by atoms with Crippen molar-refractivity contribution in [1.82, 2.24) is 10.2 Å². The minimum atomic E-state index is 0.0933. The molecule has 4 nitrogen and oxygen atoms in total. The van der Waals surface area contributed by atoms with Gasteiger partial charge in [-0.3, -0.25) is 4.79 Å². The van der Waals surface area contributed by atoms with Crippen LogP contribution in [0.3, 0.4) is 0 Å². The predicted molar refractivity (Wildman–Crippen MR) is 52.5 cm³/mol. The van der Waals surface area contributed by atoms with Crippen molar-refractivity contribution in [2.45, 2.75) is 19.3 Å². The number of hydrogen-bond donors (Lipinski definition) is 2. The lowest BCUT2D eigenvalue weighted by Crippen LogP contribution is -2.29. The van der Waals surface area contributed by atoms with Gasteiger partial charge in [0.25, 0.3) is 0 Å². The van der Waals surface area contributed by atoms with Crippen molar-refractivity contribution in [3.63, 3.8) is 0 Å². The fourth-order valence-corrected chi connectivity index (χ4v) is 1.04. The van der Waals surface area contributed by atoms with E-state index in [0.717, 1.165) is 19.5 Å². The topological polar surface area (TPSA) is 52.6 Å². The highest BCUT2D eigenvalue weighted by Crippen LogP contribution is 1.95. The van der Waals surface area contributed by atoms with E-state index in [1.54, 1.807) is 11.9 Å². The van der Waals surface area contributed by atoms with Gasteiger partial charge in [0, 0.05) is 26.6 Å². The Bertz CT molecular complexity index is 140. The third kappa shape index (κ3) is 6.54. The summed E-state index contributed by atoms with van der Waals surface area (Å²) >= 11 is 0. The molecule has 0 aromatic rings. The maximum Gasteiger partial charge on any atom is 0.222 e. The number of aliphatic hydroxyl groups is 1. The van der Waals surface area contributed by atoms with E-state index >= 15 is 0 Å². The summed E-state index contributed by atoms with van der Waals surface area (Å²) in [6.07, 6.45) is 1.99. The van der Waals surface area contributed by atoms with Crippen LogP contribution in [0.25, 0.3) is 0 Å². The molecule has 4 heteroatoms. The van der Waals surface area contributed by atoms with Gasteiger partial charge in [-0.15, -0.1) is 0 Å². The Morgan fingerprint density at radius 1 is 1.46 bits per heavy atom. The fourth-order valence-electron chi connectivity index (χ4n) is 1.04. The standard InChI is InChI=1S/C9H20N2O2/c1-10-6-4-7-11(2)9(13)5-3-8-12/h10,12H,3-8H2,1-2H3. The smallest absolute Gasteiger partial charge is 0.222 e. The molecule has 1 amide bonds. The maximum absolute atomic E-state index is 11.3. The van der Waals surface area contributed by atoms with Crippen LogP contribution in [-0.4, -0.2) is 49.7 Å². The Labute approximate surface area is 79.9 Å². The summed E-state index contributed by atoms with van der Waals surface area (Å²) in [5.74, 6) is 0.116. The normalized spacial score (nSPS) is 10.1. The van der Waals surface area contributed by atoms with Gasteiger partial charge in [0.05, 0.1) is 0 Å². The molecule has 0 fully saturated rings. The minimum Gasteiger partial charge on any atom is -0.396 e. The van der Waals surface area contributed by atoms with Crippen LogP contribution in [0.15, 0.2) is 0 Å². The van der Waals surface area contributed by atoms with E-state index in [2.05, 4.69) is 5.32 Å². The number of carbonyl (C=O) groups is 1. The van der Waals surface area contributed by atoms with E-state index in [1.807, 2.05) is 7.05 Å². The number of hydrogen-bond acceptors (Lipinski definition) is 3. The van der Waals surface area contributed by atoms with Crippen molar-refractivity contribution in [3.8, 4) is 0 Å². The van der Waals surface area contributed by atoms with Crippen LogP contribution in [0, 0.1) is 0 Å². The van der Waals surface area contributed by atoms with E-state index in [0.29, 0.717) is 12.8 Å². The molecular weight excluding hydrogens is 168 g/mol. The van der Waals surface area contributed by atoms with Crippen molar-refractivity contribution in [2.24, 2.45) is 0 Å². The first kappa shape index (κ1) is 12.4. The lowest BCUT2D eigenvalue weighted by atomic mass is 10.3. The van der Waals surface area contributed by atoms with Gasteiger partial charge in [0.15, 0.2) is 0 Å². The van der Waals surface area contributed by atoms with E-state index in [1.165, 1.54) is 0 Å². The second kappa shape index (κ2) is 8.01. The Morgan fingerprint density at radius 3 is 2.69 bits per heavy atom. The van der Waals surface area contributed by atoms with E-state index in [4.69, 9.17) is 5.11 Å². The molecule has 0 radical (unpaired) electrons. The molecule has 0 aromatic heterocycles. The first-order valence-electron chi connectivity index (χ1n) is 4.71. The zero-order chi connectivity index (χ0) is 10.1. The Hall–Kier alpha value is -0.610. The molecule has 78 valence electrons. The fraction of sp³-hybridized carbons (Fsp3) is 0.889. The lowest BCUT2D eigenvalue weighted by molar-refractivity contribution is -0.130. The third-order valence-electron chi connectivity index (χ3n) is 1.89. The molecule has 0 aliphatic carbocycles. The number of nitrogens with zero attached hydrogens (tertiary/aromatic N) is 1. The molecule has 0 saturated heterocycles. The monoisotopic (exact) mass is 188 g/mol. The number of rotatable bonds is 7. The first-order chi connectivity index (χ1) is 6.22. The zero-order valence-electron chi connectivity index (χ0n) is 8.55. The molecule has 0 aliphatic heterocycles. The molecule has 0 atom stereocenters. The van der Waals surface area contributed by atoms with Crippen LogP contribution >= 0.6 is 0 Å². The van der Waals surface area contributed by atoms with Crippen molar-refractivity contribution in [1.29, 1.82) is 0 Å². The highest BCUT2D eigenvalue weighted by Gasteiger charge is 2.06. The Kier molecular flexibility index (Phi) is 7.63. The predicted octanol–water partition coefficient (Wildman–Crippen LogP) is -0.173. The number of carbonyl (C=O) groups excluding carboxylic acids is 1. The second-order valence-electron chi connectivity index (χ2n) is 3.10. The van der Waals surface area contributed by atoms with Crippen molar-refractivity contribution in [3.05, 3.63) is 0 Å². The van der Waals surface area contributed by atoms with E-state index < -0.39 is 0 Å². The SMILES string of the molecule is CNCCCN(C)C(=O)CCCO. The van der Waals surface area contributed by atoms with Crippen LogP contribution in [-0.2, 0) is 4.79 Å². The largest absolute Gasteiger partial charge is 0.396 e. The molecule has 0 aromatic carbocycles. The van der Waals surface area contributed by atoms with Gasteiger partial charge in [-0.1, -0.05) is 0 Å². The van der Waals surface area contributed by atoms with Gasteiger partial charge >= 0.3 is 0 Å². The molecular formula is C9H20N2O2. The molecule has 0 rings (SSSR count). The van der Waals surface area contributed by atoms with Crippen molar-refractivity contribution in [2.75, 3.05) is 33.8 Å². The quantitative estimate of drug-likeness (QED) is 0.545.